The normalized spacial score (nSPS) is 21.1. The smallest absolute Gasteiger partial charge is 0.300 e. The number of carbonyl (C=O) groups excluding carboxylic acids is 1. The summed E-state index contributed by atoms with van der Waals surface area (Å²) in [4.78, 5) is 21.4. The van der Waals surface area contributed by atoms with Crippen LogP contribution in [0.15, 0.2) is 35.0 Å². The van der Waals surface area contributed by atoms with Crippen LogP contribution in [0.25, 0.3) is 6.08 Å². The third-order valence-electron chi connectivity index (χ3n) is 5.39. The summed E-state index contributed by atoms with van der Waals surface area (Å²) in [5, 5.41) is 0. The molecule has 0 bridgehead atoms. The quantitative estimate of drug-likeness (QED) is 0.696. The Morgan fingerprint density at radius 2 is 1.78 bits per heavy atom. The van der Waals surface area contributed by atoms with Crippen LogP contribution in [0.1, 0.15) is 58.4 Å². The average molecular weight is 370 g/mol. The van der Waals surface area contributed by atoms with Gasteiger partial charge in [-0.15, -0.1) is 0 Å². The Balaban J connectivity index is 1.77. The number of ether oxygens (including phenoxy) is 1. The summed E-state index contributed by atoms with van der Waals surface area (Å²) < 4.78 is 5.88. The first-order valence-electron chi connectivity index (χ1n) is 10.3. The average Bonchev–Trinajstić information content (AvgIpc) is 2.99. The van der Waals surface area contributed by atoms with Crippen molar-refractivity contribution in [3.8, 4) is 0 Å². The SMILES string of the molecule is CCN1C(=O)C(=Cc2ccc(N(CC)CC)cc2)OC1=NC1CCCCC1. The Morgan fingerprint density at radius 3 is 2.37 bits per heavy atom. The largest absolute Gasteiger partial charge is 0.420 e. The molecule has 0 unspecified atom stereocenters. The number of likely N-dealkylation sites (N-methyl/N-ethyl adjacent to an activating group) is 1. The lowest BCUT2D eigenvalue weighted by Crippen LogP contribution is -2.30. The van der Waals surface area contributed by atoms with Crippen LogP contribution in [0.3, 0.4) is 0 Å². The van der Waals surface area contributed by atoms with Gasteiger partial charge in [0.05, 0.1) is 6.04 Å². The second-order valence-corrected chi connectivity index (χ2v) is 7.13. The molecule has 5 nitrogen and oxygen atoms in total. The van der Waals surface area contributed by atoms with Gasteiger partial charge in [0.1, 0.15) is 0 Å². The summed E-state index contributed by atoms with van der Waals surface area (Å²) in [5.41, 5.74) is 2.15. The van der Waals surface area contributed by atoms with Crippen molar-refractivity contribution in [1.29, 1.82) is 0 Å². The van der Waals surface area contributed by atoms with Crippen molar-refractivity contribution in [2.24, 2.45) is 4.99 Å². The summed E-state index contributed by atoms with van der Waals surface area (Å²) >= 11 is 0. The van der Waals surface area contributed by atoms with Gasteiger partial charge in [-0.1, -0.05) is 31.4 Å². The van der Waals surface area contributed by atoms with Crippen molar-refractivity contribution >= 4 is 23.7 Å². The molecule has 5 heteroatoms. The predicted molar refractivity (Wildman–Crippen MR) is 111 cm³/mol. The zero-order valence-corrected chi connectivity index (χ0v) is 16.8. The molecule has 0 atom stereocenters. The van der Waals surface area contributed by atoms with Gasteiger partial charge in [0, 0.05) is 25.3 Å². The second kappa shape index (κ2) is 9.07. The van der Waals surface area contributed by atoms with E-state index in [2.05, 4.69) is 30.9 Å². The van der Waals surface area contributed by atoms with Crippen LogP contribution in [-0.2, 0) is 9.53 Å². The van der Waals surface area contributed by atoms with Crippen LogP contribution < -0.4 is 4.90 Å². The molecule has 1 saturated carbocycles. The molecule has 1 heterocycles. The first-order valence-corrected chi connectivity index (χ1v) is 10.3. The highest BCUT2D eigenvalue weighted by Gasteiger charge is 2.34. The highest BCUT2D eigenvalue weighted by atomic mass is 16.5. The zero-order chi connectivity index (χ0) is 19.2. The van der Waals surface area contributed by atoms with Crippen molar-refractivity contribution in [2.45, 2.75) is 58.9 Å². The number of aliphatic imine (C=N–C) groups is 1. The minimum Gasteiger partial charge on any atom is -0.420 e. The molecule has 0 spiro atoms. The summed E-state index contributed by atoms with van der Waals surface area (Å²) in [6.45, 7) is 8.78. The first kappa shape index (κ1) is 19.5. The van der Waals surface area contributed by atoms with Crippen molar-refractivity contribution in [3.63, 3.8) is 0 Å². The maximum atomic E-state index is 12.7. The molecule has 1 aromatic carbocycles. The summed E-state index contributed by atoms with van der Waals surface area (Å²) in [5.74, 6) is 0.266. The molecule has 1 aromatic rings. The fourth-order valence-electron chi connectivity index (χ4n) is 3.77. The fraction of sp³-hybridized carbons (Fsp3) is 0.545. The highest BCUT2D eigenvalue weighted by Crippen LogP contribution is 2.25. The standard InChI is InChI=1S/C22H31N3O2/c1-4-24(5-2)19-14-12-17(13-15-19)16-20-21(26)25(6-3)22(27-20)23-18-10-8-7-9-11-18/h12-16,18H,4-11H2,1-3H3. The monoisotopic (exact) mass is 369 g/mol. The maximum Gasteiger partial charge on any atom is 0.300 e. The van der Waals surface area contributed by atoms with Crippen molar-refractivity contribution in [3.05, 3.63) is 35.6 Å². The van der Waals surface area contributed by atoms with Crippen molar-refractivity contribution < 1.29 is 9.53 Å². The van der Waals surface area contributed by atoms with Crippen LogP contribution >= 0.6 is 0 Å². The molecule has 146 valence electrons. The lowest BCUT2D eigenvalue weighted by Gasteiger charge is -2.20. The minimum absolute atomic E-state index is 0.0973. The van der Waals surface area contributed by atoms with Gasteiger partial charge >= 0.3 is 6.02 Å². The number of nitrogens with zero attached hydrogens (tertiary/aromatic N) is 3. The molecule has 0 N–H and O–H groups in total. The first-order chi connectivity index (χ1) is 13.2. The Kier molecular flexibility index (Phi) is 6.54. The Morgan fingerprint density at radius 1 is 1.11 bits per heavy atom. The van der Waals surface area contributed by atoms with Gasteiger partial charge < -0.3 is 9.64 Å². The lowest BCUT2D eigenvalue weighted by molar-refractivity contribution is -0.122. The third-order valence-corrected chi connectivity index (χ3v) is 5.39. The number of amidine groups is 1. The van der Waals surface area contributed by atoms with Crippen molar-refractivity contribution in [2.75, 3.05) is 24.5 Å². The molecule has 1 aliphatic heterocycles. The molecular formula is C22H31N3O2. The number of hydrogen-bond acceptors (Lipinski definition) is 4. The Labute approximate surface area is 162 Å². The van der Waals surface area contributed by atoms with E-state index in [1.54, 1.807) is 4.90 Å². The molecule has 3 rings (SSSR count). The van der Waals surface area contributed by atoms with Crippen LogP contribution in [0.4, 0.5) is 5.69 Å². The van der Waals surface area contributed by atoms with E-state index in [4.69, 9.17) is 9.73 Å². The summed E-state index contributed by atoms with van der Waals surface area (Å²) in [6.07, 6.45) is 7.70. The molecular weight excluding hydrogens is 338 g/mol. The number of amides is 1. The van der Waals surface area contributed by atoms with Crippen LogP contribution in [0, 0.1) is 0 Å². The Hall–Kier alpha value is -2.30. The zero-order valence-electron chi connectivity index (χ0n) is 16.8. The van der Waals surface area contributed by atoms with Gasteiger partial charge in [-0.05, 0) is 57.4 Å². The van der Waals surface area contributed by atoms with Crippen LogP contribution in [-0.4, -0.2) is 42.5 Å². The molecule has 2 fully saturated rings. The topological polar surface area (TPSA) is 45.1 Å². The summed E-state index contributed by atoms with van der Waals surface area (Å²) in [7, 11) is 0. The van der Waals surface area contributed by atoms with E-state index in [0.29, 0.717) is 18.3 Å². The van der Waals surface area contributed by atoms with Crippen LogP contribution in [0.2, 0.25) is 0 Å². The number of benzene rings is 1. The van der Waals surface area contributed by atoms with E-state index < -0.39 is 0 Å². The number of carbonyl (C=O) groups is 1. The Bertz CT molecular complexity index is 699. The third kappa shape index (κ3) is 4.52. The van der Waals surface area contributed by atoms with Gasteiger partial charge in [-0.3, -0.25) is 9.69 Å². The number of rotatable bonds is 6. The van der Waals surface area contributed by atoms with Crippen LogP contribution in [0.5, 0.6) is 0 Å². The van der Waals surface area contributed by atoms with E-state index in [-0.39, 0.29) is 11.9 Å². The molecule has 0 radical (unpaired) electrons. The predicted octanol–water partition coefficient (Wildman–Crippen LogP) is 4.44. The molecule has 2 aliphatic rings. The minimum atomic E-state index is -0.0973. The van der Waals surface area contributed by atoms with Gasteiger partial charge in [0.25, 0.3) is 5.91 Å². The highest BCUT2D eigenvalue weighted by molar-refractivity contribution is 6.11. The van der Waals surface area contributed by atoms with Gasteiger partial charge in [-0.2, -0.15) is 0 Å². The van der Waals surface area contributed by atoms with Gasteiger partial charge in [-0.25, -0.2) is 4.99 Å². The van der Waals surface area contributed by atoms with E-state index in [1.165, 1.54) is 24.9 Å². The van der Waals surface area contributed by atoms with Crippen molar-refractivity contribution in [1.82, 2.24) is 4.90 Å². The molecule has 1 saturated heterocycles. The lowest BCUT2D eigenvalue weighted by atomic mass is 9.96. The second-order valence-electron chi connectivity index (χ2n) is 7.13. The molecule has 1 amide bonds. The number of hydrogen-bond donors (Lipinski definition) is 0. The molecule has 0 aromatic heterocycles. The van der Waals surface area contributed by atoms with E-state index in [1.807, 2.05) is 25.1 Å². The molecule has 27 heavy (non-hydrogen) atoms. The van der Waals surface area contributed by atoms with E-state index in [0.717, 1.165) is 31.5 Å². The molecule has 1 aliphatic carbocycles. The number of anilines is 1. The fourth-order valence-corrected chi connectivity index (χ4v) is 3.77. The summed E-state index contributed by atoms with van der Waals surface area (Å²) in [6, 6.07) is 9.00. The van der Waals surface area contributed by atoms with Gasteiger partial charge in [0.15, 0.2) is 5.76 Å². The van der Waals surface area contributed by atoms with E-state index in [9.17, 15) is 4.79 Å². The maximum absolute atomic E-state index is 12.7. The van der Waals surface area contributed by atoms with Gasteiger partial charge in [0.2, 0.25) is 0 Å². The van der Waals surface area contributed by atoms with E-state index >= 15 is 0 Å².